The largest absolute Gasteiger partial charge is 0.478 e. The molecule has 3 nitrogen and oxygen atoms in total. The number of hydrogen-bond donors (Lipinski definition) is 1. The Kier molecular flexibility index (Phi) is 4.67. The normalized spacial score (nSPS) is 12.0. The molecule has 2 aromatic rings. The molecule has 0 atom stereocenters. The zero-order valence-corrected chi connectivity index (χ0v) is 13.0. The first-order chi connectivity index (χ1) is 10.2. The Balaban J connectivity index is 2.47. The predicted octanol–water partition coefficient (Wildman–Crippen LogP) is 5.48. The second-order valence-electron chi connectivity index (χ2n) is 4.18. The summed E-state index contributed by atoms with van der Waals surface area (Å²) in [5.74, 6) is -0.878. The second-order valence-corrected chi connectivity index (χ2v) is 5.44. The molecular weight excluding hydrogens is 389 g/mol. The quantitative estimate of drug-likeness (QED) is 0.700. The maximum atomic E-state index is 12.9. The molecule has 0 aliphatic rings. The van der Waals surface area contributed by atoms with Crippen molar-refractivity contribution in [2.24, 2.45) is 0 Å². The first-order valence-corrected chi connectivity index (χ1v) is 6.93. The lowest BCUT2D eigenvalue weighted by atomic mass is 10.1. The van der Waals surface area contributed by atoms with Crippen LogP contribution in [0.1, 0.15) is 11.3 Å². The van der Waals surface area contributed by atoms with Gasteiger partial charge in [0.05, 0.1) is 10.6 Å². The molecule has 2 rings (SSSR count). The van der Waals surface area contributed by atoms with Crippen LogP contribution in [0.15, 0.2) is 39.2 Å². The lowest BCUT2D eigenvalue weighted by Gasteiger charge is -2.11. The number of carboxylic acid groups (broad SMARTS) is 1. The summed E-state index contributed by atoms with van der Waals surface area (Å²) < 4.78 is 43.8. The number of furan rings is 1. The number of hydrogen-bond acceptors (Lipinski definition) is 2. The van der Waals surface area contributed by atoms with Gasteiger partial charge in [0.25, 0.3) is 0 Å². The van der Waals surface area contributed by atoms with Crippen molar-refractivity contribution in [1.29, 1.82) is 0 Å². The molecule has 1 N–H and O–H groups in total. The molecule has 0 aliphatic heterocycles. The maximum absolute atomic E-state index is 12.9. The van der Waals surface area contributed by atoms with Gasteiger partial charge in [-0.1, -0.05) is 27.5 Å². The van der Waals surface area contributed by atoms with Crippen molar-refractivity contribution in [2.45, 2.75) is 6.18 Å². The van der Waals surface area contributed by atoms with Crippen LogP contribution < -0.4 is 0 Å². The molecule has 0 bridgehead atoms. The second kappa shape index (κ2) is 6.18. The first-order valence-electron chi connectivity index (χ1n) is 5.76. The number of carbonyl (C=O) groups is 1. The van der Waals surface area contributed by atoms with Gasteiger partial charge in [0.2, 0.25) is 0 Å². The van der Waals surface area contributed by atoms with Gasteiger partial charge in [-0.3, -0.25) is 0 Å². The van der Waals surface area contributed by atoms with Crippen LogP contribution in [0.2, 0.25) is 5.02 Å². The minimum Gasteiger partial charge on any atom is -0.478 e. The number of alkyl halides is 3. The van der Waals surface area contributed by atoms with Crippen molar-refractivity contribution in [1.82, 2.24) is 0 Å². The molecule has 0 aliphatic carbocycles. The van der Waals surface area contributed by atoms with E-state index in [4.69, 9.17) is 21.1 Å². The Hall–Kier alpha value is -1.73. The highest BCUT2D eigenvalue weighted by Crippen LogP contribution is 2.41. The molecule has 0 unspecified atom stereocenters. The van der Waals surface area contributed by atoms with Gasteiger partial charge in [-0.2, -0.15) is 13.2 Å². The van der Waals surface area contributed by atoms with Gasteiger partial charge >= 0.3 is 12.1 Å². The SMILES string of the molecule is O=C(O)/C=C/c1ccc(-c2cc(C(F)(F)F)c(Br)cc2Cl)o1. The van der Waals surface area contributed by atoms with Crippen LogP contribution in [-0.2, 0) is 11.0 Å². The Morgan fingerprint density at radius 3 is 2.59 bits per heavy atom. The average Bonchev–Trinajstić information content (AvgIpc) is 2.83. The van der Waals surface area contributed by atoms with Crippen LogP contribution in [0.3, 0.4) is 0 Å². The molecule has 1 aromatic heterocycles. The van der Waals surface area contributed by atoms with E-state index in [-0.39, 0.29) is 26.6 Å². The number of carboxylic acids is 1. The lowest BCUT2D eigenvalue weighted by Crippen LogP contribution is -2.06. The number of aliphatic carboxylic acids is 1. The van der Waals surface area contributed by atoms with Crippen molar-refractivity contribution in [2.75, 3.05) is 0 Å². The van der Waals surface area contributed by atoms with Crippen molar-refractivity contribution >= 4 is 39.6 Å². The highest BCUT2D eigenvalue weighted by Gasteiger charge is 2.34. The molecule has 1 heterocycles. The fraction of sp³-hybridized carbons (Fsp3) is 0.0714. The summed E-state index contributed by atoms with van der Waals surface area (Å²) in [6.45, 7) is 0. The van der Waals surface area contributed by atoms with Crippen LogP contribution in [-0.4, -0.2) is 11.1 Å². The van der Waals surface area contributed by atoms with Gasteiger partial charge < -0.3 is 9.52 Å². The molecule has 1 aromatic carbocycles. The fourth-order valence-electron chi connectivity index (χ4n) is 1.70. The maximum Gasteiger partial charge on any atom is 0.417 e. The zero-order chi connectivity index (χ0) is 16.5. The third kappa shape index (κ3) is 3.72. The molecule has 0 saturated heterocycles. The van der Waals surface area contributed by atoms with E-state index >= 15 is 0 Å². The van der Waals surface area contributed by atoms with Crippen molar-refractivity contribution in [3.8, 4) is 11.3 Å². The lowest BCUT2D eigenvalue weighted by molar-refractivity contribution is -0.138. The van der Waals surface area contributed by atoms with Crippen molar-refractivity contribution < 1.29 is 27.5 Å². The van der Waals surface area contributed by atoms with Crippen LogP contribution in [0.5, 0.6) is 0 Å². The molecule has 0 saturated carbocycles. The molecule has 0 spiro atoms. The predicted molar refractivity (Wildman–Crippen MR) is 78.5 cm³/mol. The van der Waals surface area contributed by atoms with E-state index in [1.807, 2.05) is 0 Å². The first kappa shape index (κ1) is 16.6. The van der Waals surface area contributed by atoms with E-state index < -0.39 is 17.7 Å². The Morgan fingerprint density at radius 2 is 2.00 bits per heavy atom. The molecule has 0 amide bonds. The molecule has 22 heavy (non-hydrogen) atoms. The topological polar surface area (TPSA) is 50.4 Å². The summed E-state index contributed by atoms with van der Waals surface area (Å²) in [6.07, 6.45) is -2.51. The van der Waals surface area contributed by atoms with Crippen LogP contribution in [0, 0.1) is 0 Å². The highest BCUT2D eigenvalue weighted by molar-refractivity contribution is 9.10. The van der Waals surface area contributed by atoms with E-state index in [1.54, 1.807) is 0 Å². The zero-order valence-electron chi connectivity index (χ0n) is 10.6. The summed E-state index contributed by atoms with van der Waals surface area (Å²) in [7, 11) is 0. The summed E-state index contributed by atoms with van der Waals surface area (Å²) in [6, 6.07) is 4.85. The van der Waals surface area contributed by atoms with Gasteiger partial charge in [-0.25, -0.2) is 4.79 Å². The van der Waals surface area contributed by atoms with E-state index in [1.165, 1.54) is 18.2 Å². The number of rotatable bonds is 3. The average molecular weight is 396 g/mol. The summed E-state index contributed by atoms with van der Waals surface area (Å²) in [5, 5.41) is 8.59. The summed E-state index contributed by atoms with van der Waals surface area (Å²) in [4.78, 5) is 10.4. The van der Waals surface area contributed by atoms with Crippen LogP contribution in [0.25, 0.3) is 17.4 Å². The van der Waals surface area contributed by atoms with E-state index in [9.17, 15) is 18.0 Å². The van der Waals surface area contributed by atoms with Crippen LogP contribution >= 0.6 is 27.5 Å². The summed E-state index contributed by atoms with van der Waals surface area (Å²) >= 11 is 8.78. The third-order valence-electron chi connectivity index (χ3n) is 2.64. The van der Waals surface area contributed by atoms with E-state index in [0.717, 1.165) is 18.2 Å². The van der Waals surface area contributed by atoms with Gasteiger partial charge in [0.1, 0.15) is 11.5 Å². The van der Waals surface area contributed by atoms with Gasteiger partial charge in [0.15, 0.2) is 0 Å². The van der Waals surface area contributed by atoms with E-state index in [2.05, 4.69) is 15.9 Å². The Labute approximate surface area is 136 Å². The highest BCUT2D eigenvalue weighted by atomic mass is 79.9. The molecule has 0 radical (unpaired) electrons. The smallest absolute Gasteiger partial charge is 0.417 e. The number of benzene rings is 1. The standard InChI is InChI=1S/C14H7BrClF3O3/c15-10-6-11(16)8(5-9(10)14(17,18)19)12-3-1-7(22-12)2-4-13(20)21/h1-6H,(H,20,21)/b4-2+. The number of halogens is 5. The third-order valence-corrected chi connectivity index (χ3v) is 3.61. The van der Waals surface area contributed by atoms with Gasteiger partial charge in [-0.05, 0) is 30.3 Å². The molecular formula is C14H7BrClF3O3. The van der Waals surface area contributed by atoms with Gasteiger partial charge in [0, 0.05) is 16.1 Å². The Bertz CT molecular complexity index is 750. The van der Waals surface area contributed by atoms with Crippen molar-refractivity contribution in [3.63, 3.8) is 0 Å². The minimum atomic E-state index is -4.54. The molecule has 116 valence electrons. The van der Waals surface area contributed by atoms with Crippen LogP contribution in [0.4, 0.5) is 13.2 Å². The minimum absolute atomic E-state index is 0.0622. The monoisotopic (exact) mass is 394 g/mol. The molecule has 0 fully saturated rings. The summed E-state index contributed by atoms with van der Waals surface area (Å²) in [5.41, 5.74) is -0.821. The fourth-order valence-corrected chi connectivity index (χ4v) is 2.65. The molecule has 8 heteroatoms. The Morgan fingerprint density at radius 1 is 1.32 bits per heavy atom. The van der Waals surface area contributed by atoms with Gasteiger partial charge in [-0.15, -0.1) is 0 Å². The van der Waals surface area contributed by atoms with Crippen molar-refractivity contribution in [3.05, 3.63) is 51.2 Å². The van der Waals surface area contributed by atoms with E-state index in [0.29, 0.717) is 0 Å².